The van der Waals surface area contributed by atoms with Gasteiger partial charge in [0.15, 0.2) is 0 Å². The number of aryl methyl sites for hydroxylation is 1. The third-order valence-electron chi connectivity index (χ3n) is 3.20. The molecule has 3 aromatic rings. The molecular formula is C17H13N3. The number of nitrogens with one attached hydrogen (secondary N) is 1. The van der Waals surface area contributed by atoms with Crippen LogP contribution in [0.4, 0.5) is 11.4 Å². The first-order valence-electron chi connectivity index (χ1n) is 6.38. The maximum atomic E-state index is 9.17. The third kappa shape index (κ3) is 2.19. The Morgan fingerprint density at radius 3 is 2.60 bits per heavy atom. The van der Waals surface area contributed by atoms with Gasteiger partial charge in [-0.3, -0.25) is 4.98 Å². The monoisotopic (exact) mass is 259 g/mol. The minimum atomic E-state index is 0.688. The van der Waals surface area contributed by atoms with Crippen LogP contribution in [0.15, 0.2) is 54.9 Å². The van der Waals surface area contributed by atoms with Crippen molar-refractivity contribution < 1.29 is 0 Å². The summed E-state index contributed by atoms with van der Waals surface area (Å²) in [6.07, 6.45) is 3.61. The summed E-state index contributed by atoms with van der Waals surface area (Å²) in [5, 5.41) is 14.5. The van der Waals surface area contributed by atoms with Crippen LogP contribution in [0.2, 0.25) is 0 Å². The van der Waals surface area contributed by atoms with Crippen molar-refractivity contribution in [1.29, 1.82) is 5.26 Å². The van der Waals surface area contributed by atoms with Crippen molar-refractivity contribution in [3.63, 3.8) is 0 Å². The summed E-state index contributed by atoms with van der Waals surface area (Å²) in [5.74, 6) is 0. The highest BCUT2D eigenvalue weighted by Gasteiger charge is 2.05. The third-order valence-corrected chi connectivity index (χ3v) is 3.20. The molecule has 1 heterocycles. The fraction of sp³-hybridized carbons (Fsp3) is 0.0588. The maximum absolute atomic E-state index is 9.17. The van der Waals surface area contributed by atoms with Crippen LogP contribution >= 0.6 is 0 Å². The lowest BCUT2D eigenvalue weighted by Crippen LogP contribution is -1.94. The number of fused-ring (bicyclic) bond motifs is 1. The number of anilines is 2. The molecule has 0 bridgehead atoms. The molecule has 0 unspecified atom stereocenters. The summed E-state index contributed by atoms with van der Waals surface area (Å²) in [7, 11) is 0. The van der Waals surface area contributed by atoms with Gasteiger partial charge in [0, 0.05) is 22.7 Å². The molecule has 3 nitrogen and oxygen atoms in total. The second-order valence-electron chi connectivity index (χ2n) is 4.69. The van der Waals surface area contributed by atoms with Gasteiger partial charge in [-0.1, -0.05) is 24.3 Å². The lowest BCUT2D eigenvalue weighted by atomic mass is 10.0. The van der Waals surface area contributed by atoms with E-state index in [0.29, 0.717) is 5.56 Å². The maximum Gasteiger partial charge on any atom is 0.0998 e. The highest BCUT2D eigenvalue weighted by atomic mass is 14.9. The highest BCUT2D eigenvalue weighted by Crippen LogP contribution is 2.28. The average molecular weight is 259 g/mol. The fourth-order valence-corrected chi connectivity index (χ4v) is 2.28. The van der Waals surface area contributed by atoms with Gasteiger partial charge in [0.1, 0.15) is 0 Å². The number of nitrogens with zero attached hydrogens (tertiary/aromatic N) is 2. The standard InChI is InChI=1S/C17H13N3/c1-12-8-14(11-19-10-12)20-17-7-6-13(9-18)15-4-2-3-5-16(15)17/h2-8,10-11,20H,1H3. The Kier molecular flexibility index (Phi) is 3.06. The number of hydrogen-bond acceptors (Lipinski definition) is 3. The lowest BCUT2D eigenvalue weighted by molar-refractivity contribution is 1.27. The summed E-state index contributed by atoms with van der Waals surface area (Å²) >= 11 is 0. The number of benzene rings is 2. The molecule has 20 heavy (non-hydrogen) atoms. The van der Waals surface area contributed by atoms with Crippen molar-refractivity contribution in [3.05, 3.63) is 66.0 Å². The van der Waals surface area contributed by atoms with Crippen LogP contribution in [0.3, 0.4) is 0 Å². The van der Waals surface area contributed by atoms with Crippen LogP contribution in [0, 0.1) is 18.3 Å². The van der Waals surface area contributed by atoms with Gasteiger partial charge in [-0.2, -0.15) is 5.26 Å². The molecule has 0 atom stereocenters. The topological polar surface area (TPSA) is 48.7 Å². The second-order valence-corrected chi connectivity index (χ2v) is 4.69. The predicted octanol–water partition coefficient (Wildman–Crippen LogP) is 4.16. The molecule has 3 rings (SSSR count). The van der Waals surface area contributed by atoms with Crippen LogP contribution in [-0.2, 0) is 0 Å². The van der Waals surface area contributed by atoms with E-state index in [0.717, 1.165) is 27.7 Å². The first kappa shape index (κ1) is 12.2. The highest BCUT2D eigenvalue weighted by molar-refractivity contribution is 5.98. The Morgan fingerprint density at radius 2 is 1.85 bits per heavy atom. The molecule has 0 saturated carbocycles. The Balaban J connectivity index is 2.11. The Morgan fingerprint density at radius 1 is 1.05 bits per heavy atom. The second kappa shape index (κ2) is 5.02. The minimum Gasteiger partial charge on any atom is -0.354 e. The molecule has 0 saturated heterocycles. The van der Waals surface area contributed by atoms with Crippen LogP contribution in [0.1, 0.15) is 11.1 Å². The van der Waals surface area contributed by atoms with E-state index >= 15 is 0 Å². The number of rotatable bonds is 2. The molecule has 0 fully saturated rings. The molecule has 0 aliphatic rings. The van der Waals surface area contributed by atoms with E-state index in [-0.39, 0.29) is 0 Å². The quantitative estimate of drug-likeness (QED) is 0.751. The van der Waals surface area contributed by atoms with Gasteiger partial charge in [0.25, 0.3) is 0 Å². The van der Waals surface area contributed by atoms with Crippen LogP contribution in [0.5, 0.6) is 0 Å². The average Bonchev–Trinajstić information content (AvgIpc) is 2.48. The van der Waals surface area contributed by atoms with Crippen molar-refractivity contribution in [2.24, 2.45) is 0 Å². The molecular weight excluding hydrogens is 246 g/mol. The van der Waals surface area contributed by atoms with Gasteiger partial charge in [0.2, 0.25) is 0 Å². The van der Waals surface area contributed by atoms with Crippen LogP contribution in [-0.4, -0.2) is 4.98 Å². The van der Waals surface area contributed by atoms with Crippen molar-refractivity contribution in [2.45, 2.75) is 6.92 Å². The summed E-state index contributed by atoms with van der Waals surface area (Å²) in [6, 6.07) is 15.9. The van der Waals surface area contributed by atoms with E-state index in [1.807, 2.05) is 55.6 Å². The molecule has 0 radical (unpaired) electrons. The van der Waals surface area contributed by atoms with E-state index in [1.54, 1.807) is 6.20 Å². The first-order chi connectivity index (χ1) is 9.78. The molecule has 2 aromatic carbocycles. The summed E-state index contributed by atoms with van der Waals surface area (Å²) < 4.78 is 0. The minimum absolute atomic E-state index is 0.688. The van der Waals surface area contributed by atoms with Crippen molar-refractivity contribution in [2.75, 3.05) is 5.32 Å². The lowest BCUT2D eigenvalue weighted by Gasteiger charge is -2.11. The molecule has 1 aromatic heterocycles. The van der Waals surface area contributed by atoms with Crippen LogP contribution in [0.25, 0.3) is 10.8 Å². The van der Waals surface area contributed by atoms with Crippen molar-refractivity contribution >= 4 is 22.1 Å². The van der Waals surface area contributed by atoms with E-state index < -0.39 is 0 Å². The molecule has 3 heteroatoms. The molecule has 0 spiro atoms. The first-order valence-corrected chi connectivity index (χ1v) is 6.38. The van der Waals surface area contributed by atoms with Gasteiger partial charge in [-0.05, 0) is 30.7 Å². The fourth-order valence-electron chi connectivity index (χ4n) is 2.28. The zero-order valence-corrected chi connectivity index (χ0v) is 11.1. The van der Waals surface area contributed by atoms with Gasteiger partial charge in [-0.25, -0.2) is 0 Å². The summed E-state index contributed by atoms with van der Waals surface area (Å²) in [6.45, 7) is 2.01. The molecule has 1 N–H and O–H groups in total. The molecule has 0 aliphatic heterocycles. The number of pyridine rings is 1. The van der Waals surface area contributed by atoms with Gasteiger partial charge in [0.05, 0.1) is 23.5 Å². The van der Waals surface area contributed by atoms with Gasteiger partial charge in [-0.15, -0.1) is 0 Å². The van der Waals surface area contributed by atoms with E-state index in [1.165, 1.54) is 0 Å². The van der Waals surface area contributed by atoms with E-state index in [4.69, 9.17) is 0 Å². The molecule has 0 aliphatic carbocycles. The SMILES string of the molecule is Cc1cncc(Nc2ccc(C#N)c3ccccc23)c1. The Labute approximate surface area is 117 Å². The van der Waals surface area contributed by atoms with Gasteiger partial charge < -0.3 is 5.32 Å². The Hall–Kier alpha value is -2.86. The predicted molar refractivity (Wildman–Crippen MR) is 80.9 cm³/mol. The Bertz CT molecular complexity index is 816. The number of aromatic nitrogens is 1. The molecule has 96 valence electrons. The smallest absolute Gasteiger partial charge is 0.0998 e. The molecule has 0 amide bonds. The largest absolute Gasteiger partial charge is 0.354 e. The van der Waals surface area contributed by atoms with Crippen molar-refractivity contribution in [1.82, 2.24) is 4.98 Å². The van der Waals surface area contributed by atoms with E-state index in [9.17, 15) is 5.26 Å². The van der Waals surface area contributed by atoms with Crippen LogP contribution < -0.4 is 5.32 Å². The van der Waals surface area contributed by atoms with Crippen molar-refractivity contribution in [3.8, 4) is 6.07 Å². The normalized spacial score (nSPS) is 10.2. The summed E-state index contributed by atoms with van der Waals surface area (Å²) in [4.78, 5) is 4.18. The zero-order chi connectivity index (χ0) is 13.9. The van der Waals surface area contributed by atoms with Gasteiger partial charge >= 0.3 is 0 Å². The number of hydrogen-bond donors (Lipinski definition) is 1. The summed E-state index contributed by atoms with van der Waals surface area (Å²) in [5.41, 5.74) is 3.72. The van der Waals surface area contributed by atoms with E-state index in [2.05, 4.69) is 16.4 Å². The number of nitriles is 1. The zero-order valence-electron chi connectivity index (χ0n) is 11.1.